The number of nitrogens with one attached hydrogen (secondary N) is 1. The van der Waals surface area contributed by atoms with Crippen molar-refractivity contribution in [3.05, 3.63) is 29.3 Å². The molecule has 0 unspecified atom stereocenters. The van der Waals surface area contributed by atoms with Crippen molar-refractivity contribution in [2.75, 3.05) is 43.4 Å². The maximum atomic E-state index is 12.5. The quantitative estimate of drug-likeness (QED) is 0.725. The summed E-state index contributed by atoms with van der Waals surface area (Å²) in [5.74, 6) is -0.154. The molecule has 0 bridgehead atoms. The molecule has 1 heterocycles. The van der Waals surface area contributed by atoms with Crippen LogP contribution in [0.3, 0.4) is 0 Å². The van der Waals surface area contributed by atoms with E-state index in [1.165, 1.54) is 4.31 Å². The third-order valence-corrected chi connectivity index (χ3v) is 6.96. The van der Waals surface area contributed by atoms with E-state index in [4.69, 9.17) is 11.6 Å². The molecule has 0 aliphatic carbocycles. The first-order chi connectivity index (χ1) is 12.4. The van der Waals surface area contributed by atoms with E-state index >= 15 is 0 Å². The monoisotopic (exact) mass is 401 g/mol. The standard InChI is InChI=1S/C18H28ClN3O3S/c1-3-15(4-2)18(23)20-9-14-26(24,25)22-12-10-21(11-13-22)17-7-5-16(19)6-8-17/h5-8,15H,3-4,9-14H2,1-2H3,(H,20,23). The highest BCUT2D eigenvalue weighted by Crippen LogP contribution is 2.20. The van der Waals surface area contributed by atoms with E-state index in [2.05, 4.69) is 10.2 Å². The van der Waals surface area contributed by atoms with Crippen LogP contribution in [0.15, 0.2) is 24.3 Å². The Balaban J connectivity index is 1.81. The maximum Gasteiger partial charge on any atom is 0.223 e. The van der Waals surface area contributed by atoms with Crippen LogP contribution in [0.4, 0.5) is 5.69 Å². The number of amides is 1. The van der Waals surface area contributed by atoms with Crippen molar-refractivity contribution >= 4 is 33.2 Å². The second-order valence-electron chi connectivity index (χ2n) is 6.48. The van der Waals surface area contributed by atoms with Crippen LogP contribution in [-0.2, 0) is 14.8 Å². The summed E-state index contributed by atoms with van der Waals surface area (Å²) < 4.78 is 26.5. The molecule has 1 amide bonds. The number of benzene rings is 1. The van der Waals surface area contributed by atoms with Crippen molar-refractivity contribution in [2.45, 2.75) is 26.7 Å². The first-order valence-corrected chi connectivity index (χ1v) is 11.1. The van der Waals surface area contributed by atoms with Gasteiger partial charge in [-0.3, -0.25) is 4.79 Å². The molecular formula is C18H28ClN3O3S. The minimum Gasteiger partial charge on any atom is -0.369 e. The van der Waals surface area contributed by atoms with Crippen molar-refractivity contribution < 1.29 is 13.2 Å². The van der Waals surface area contributed by atoms with Gasteiger partial charge in [0.15, 0.2) is 0 Å². The first kappa shape index (κ1) is 21.0. The van der Waals surface area contributed by atoms with Gasteiger partial charge in [0, 0.05) is 49.4 Å². The maximum absolute atomic E-state index is 12.5. The number of rotatable bonds is 8. The predicted molar refractivity (Wildman–Crippen MR) is 106 cm³/mol. The number of halogens is 1. The predicted octanol–water partition coefficient (Wildman–Crippen LogP) is 2.34. The molecule has 1 aliphatic rings. The molecule has 0 atom stereocenters. The highest BCUT2D eigenvalue weighted by Gasteiger charge is 2.27. The Hall–Kier alpha value is -1.31. The summed E-state index contributed by atoms with van der Waals surface area (Å²) in [6.45, 7) is 6.27. The zero-order chi connectivity index (χ0) is 19.2. The third kappa shape index (κ3) is 5.59. The van der Waals surface area contributed by atoms with Gasteiger partial charge in [0.25, 0.3) is 0 Å². The highest BCUT2D eigenvalue weighted by molar-refractivity contribution is 7.89. The van der Waals surface area contributed by atoms with Crippen LogP contribution in [-0.4, -0.2) is 57.1 Å². The van der Waals surface area contributed by atoms with Gasteiger partial charge in [-0.25, -0.2) is 8.42 Å². The average Bonchev–Trinajstić information content (AvgIpc) is 2.63. The van der Waals surface area contributed by atoms with Crippen LogP contribution in [0.5, 0.6) is 0 Å². The molecule has 26 heavy (non-hydrogen) atoms. The summed E-state index contributed by atoms with van der Waals surface area (Å²) in [7, 11) is -3.36. The zero-order valence-electron chi connectivity index (χ0n) is 15.4. The van der Waals surface area contributed by atoms with Crippen molar-refractivity contribution in [3.63, 3.8) is 0 Å². The van der Waals surface area contributed by atoms with Crippen molar-refractivity contribution in [3.8, 4) is 0 Å². The van der Waals surface area contributed by atoms with Gasteiger partial charge in [0.2, 0.25) is 15.9 Å². The number of hydrogen-bond donors (Lipinski definition) is 1. The number of sulfonamides is 1. The largest absolute Gasteiger partial charge is 0.369 e. The van der Waals surface area contributed by atoms with E-state index < -0.39 is 10.0 Å². The van der Waals surface area contributed by atoms with Gasteiger partial charge >= 0.3 is 0 Å². The average molecular weight is 402 g/mol. The third-order valence-electron chi connectivity index (χ3n) is 4.84. The summed E-state index contributed by atoms with van der Waals surface area (Å²) in [6, 6.07) is 7.56. The van der Waals surface area contributed by atoms with E-state index in [9.17, 15) is 13.2 Å². The number of nitrogens with zero attached hydrogens (tertiary/aromatic N) is 2. The smallest absolute Gasteiger partial charge is 0.223 e. The van der Waals surface area contributed by atoms with Gasteiger partial charge < -0.3 is 10.2 Å². The van der Waals surface area contributed by atoms with Crippen LogP contribution in [0.25, 0.3) is 0 Å². The van der Waals surface area contributed by atoms with Gasteiger partial charge in [-0.15, -0.1) is 0 Å². The molecule has 1 aromatic carbocycles. The summed E-state index contributed by atoms with van der Waals surface area (Å²) >= 11 is 5.91. The Kier molecular flexibility index (Phi) is 7.73. The highest BCUT2D eigenvalue weighted by atomic mass is 35.5. The number of carbonyl (C=O) groups is 1. The van der Waals surface area contributed by atoms with Crippen LogP contribution >= 0.6 is 11.6 Å². The Morgan fingerprint density at radius 3 is 2.23 bits per heavy atom. The van der Waals surface area contributed by atoms with Crippen molar-refractivity contribution in [1.29, 1.82) is 0 Å². The number of hydrogen-bond acceptors (Lipinski definition) is 4. The Bertz CT molecular complexity index is 682. The van der Waals surface area contributed by atoms with Gasteiger partial charge in [-0.2, -0.15) is 4.31 Å². The molecule has 6 nitrogen and oxygen atoms in total. The number of piperazine rings is 1. The normalized spacial score (nSPS) is 16.1. The second-order valence-corrected chi connectivity index (χ2v) is 9.01. The topological polar surface area (TPSA) is 69.7 Å². The van der Waals surface area contributed by atoms with Crippen molar-refractivity contribution in [2.24, 2.45) is 5.92 Å². The fourth-order valence-corrected chi connectivity index (χ4v) is 4.58. The van der Waals surface area contributed by atoms with E-state index in [1.807, 2.05) is 38.1 Å². The van der Waals surface area contributed by atoms with E-state index in [1.54, 1.807) is 0 Å². The minimum absolute atomic E-state index is 0.0411. The molecule has 0 spiro atoms. The van der Waals surface area contributed by atoms with E-state index in [-0.39, 0.29) is 24.1 Å². The lowest BCUT2D eigenvalue weighted by molar-refractivity contribution is -0.125. The molecule has 2 rings (SSSR count). The SMILES string of the molecule is CCC(CC)C(=O)NCCS(=O)(=O)N1CCN(c2ccc(Cl)cc2)CC1. The lowest BCUT2D eigenvalue weighted by Crippen LogP contribution is -2.50. The van der Waals surface area contributed by atoms with E-state index in [0.29, 0.717) is 31.2 Å². The number of carbonyl (C=O) groups excluding carboxylic acids is 1. The van der Waals surface area contributed by atoms with Gasteiger partial charge in [-0.05, 0) is 37.1 Å². The molecule has 1 saturated heterocycles. The van der Waals surface area contributed by atoms with Gasteiger partial charge in [0.1, 0.15) is 0 Å². The molecule has 1 N–H and O–H groups in total. The molecule has 1 aromatic rings. The van der Waals surface area contributed by atoms with Crippen LogP contribution in [0, 0.1) is 5.92 Å². The van der Waals surface area contributed by atoms with E-state index in [0.717, 1.165) is 18.5 Å². The Morgan fingerprint density at radius 2 is 1.69 bits per heavy atom. The molecule has 0 saturated carbocycles. The molecular weight excluding hydrogens is 374 g/mol. The lowest BCUT2D eigenvalue weighted by Gasteiger charge is -2.35. The molecule has 1 aliphatic heterocycles. The fraction of sp³-hybridized carbons (Fsp3) is 0.611. The first-order valence-electron chi connectivity index (χ1n) is 9.13. The Labute approximate surface area is 161 Å². The fourth-order valence-electron chi connectivity index (χ4n) is 3.11. The van der Waals surface area contributed by atoms with Gasteiger partial charge in [-0.1, -0.05) is 25.4 Å². The van der Waals surface area contributed by atoms with Crippen LogP contribution < -0.4 is 10.2 Å². The minimum atomic E-state index is -3.36. The van der Waals surface area contributed by atoms with Crippen LogP contribution in [0.1, 0.15) is 26.7 Å². The Morgan fingerprint density at radius 1 is 1.12 bits per heavy atom. The summed E-state index contributed by atoms with van der Waals surface area (Å²) in [5.41, 5.74) is 1.05. The van der Waals surface area contributed by atoms with Crippen molar-refractivity contribution in [1.82, 2.24) is 9.62 Å². The zero-order valence-corrected chi connectivity index (χ0v) is 17.0. The molecule has 146 valence electrons. The molecule has 0 radical (unpaired) electrons. The molecule has 8 heteroatoms. The molecule has 1 fully saturated rings. The second kappa shape index (κ2) is 9.58. The van der Waals surface area contributed by atoms with Gasteiger partial charge in [0.05, 0.1) is 5.75 Å². The summed E-state index contributed by atoms with van der Waals surface area (Å²) in [4.78, 5) is 14.1. The summed E-state index contributed by atoms with van der Waals surface area (Å²) in [6.07, 6.45) is 1.53. The number of anilines is 1. The summed E-state index contributed by atoms with van der Waals surface area (Å²) in [5, 5.41) is 3.44. The lowest BCUT2D eigenvalue weighted by atomic mass is 10.0. The molecule has 0 aromatic heterocycles. The van der Waals surface area contributed by atoms with Crippen LogP contribution in [0.2, 0.25) is 5.02 Å².